The van der Waals surface area contributed by atoms with Crippen LogP contribution in [0.25, 0.3) is 0 Å². The number of rotatable bonds is 5. The van der Waals surface area contributed by atoms with E-state index in [0.717, 1.165) is 62.4 Å². The monoisotopic (exact) mass is 427 g/mol. The fourth-order valence-corrected chi connectivity index (χ4v) is 4.63. The van der Waals surface area contributed by atoms with Gasteiger partial charge in [0.15, 0.2) is 0 Å². The smallest absolute Gasteiger partial charge is 0.254 e. The molecule has 1 aromatic heterocycles. The van der Waals surface area contributed by atoms with Crippen LogP contribution < -0.4 is 4.74 Å². The minimum absolute atomic E-state index is 0.0916. The van der Waals surface area contributed by atoms with Crippen LogP contribution in [0.2, 0.25) is 0 Å². The highest BCUT2D eigenvalue weighted by atomic mass is 16.5. The number of fused-ring (bicyclic) bond motifs is 1. The van der Waals surface area contributed by atoms with Crippen molar-refractivity contribution in [3.05, 3.63) is 95.3 Å². The van der Waals surface area contributed by atoms with Crippen molar-refractivity contribution in [3.63, 3.8) is 0 Å². The largest absolute Gasteiger partial charge is 0.490 e. The number of piperidine rings is 1. The van der Waals surface area contributed by atoms with Crippen molar-refractivity contribution in [2.24, 2.45) is 0 Å². The molecule has 5 rings (SSSR count). The Balaban J connectivity index is 1.13. The fourth-order valence-electron chi connectivity index (χ4n) is 4.63. The predicted molar refractivity (Wildman–Crippen MR) is 124 cm³/mol. The molecule has 0 spiro atoms. The lowest BCUT2D eigenvalue weighted by molar-refractivity contribution is 0.0734. The average Bonchev–Trinajstić information content (AvgIpc) is 2.86. The highest BCUT2D eigenvalue weighted by Crippen LogP contribution is 2.23. The van der Waals surface area contributed by atoms with E-state index in [1.54, 1.807) is 0 Å². The van der Waals surface area contributed by atoms with Gasteiger partial charge in [-0.15, -0.1) is 0 Å². The van der Waals surface area contributed by atoms with E-state index < -0.39 is 0 Å². The third kappa shape index (κ3) is 4.83. The van der Waals surface area contributed by atoms with Gasteiger partial charge in [-0.2, -0.15) is 0 Å². The number of pyridine rings is 1. The van der Waals surface area contributed by atoms with Crippen LogP contribution in [-0.2, 0) is 19.5 Å². The Hall–Kier alpha value is -3.18. The summed E-state index contributed by atoms with van der Waals surface area (Å²) in [6, 6.07) is 22.1. The van der Waals surface area contributed by atoms with E-state index >= 15 is 0 Å². The third-order valence-corrected chi connectivity index (χ3v) is 6.47. The lowest BCUT2D eigenvalue weighted by Crippen LogP contribution is -2.38. The Bertz CT molecular complexity index is 1040. The van der Waals surface area contributed by atoms with E-state index in [1.807, 2.05) is 53.6 Å². The van der Waals surface area contributed by atoms with Gasteiger partial charge in [0.05, 0.1) is 5.69 Å². The van der Waals surface area contributed by atoms with Crippen LogP contribution in [0.4, 0.5) is 0 Å². The van der Waals surface area contributed by atoms with Crippen LogP contribution in [0.1, 0.15) is 40.0 Å². The van der Waals surface area contributed by atoms with Gasteiger partial charge in [0.25, 0.3) is 5.91 Å². The topological polar surface area (TPSA) is 45.7 Å². The minimum Gasteiger partial charge on any atom is -0.490 e. The summed E-state index contributed by atoms with van der Waals surface area (Å²) in [5.41, 5.74) is 4.44. The van der Waals surface area contributed by atoms with E-state index in [2.05, 4.69) is 34.1 Å². The minimum atomic E-state index is 0.0916. The first kappa shape index (κ1) is 20.7. The molecule has 0 saturated carbocycles. The average molecular weight is 428 g/mol. The SMILES string of the molecule is O=C(c1ccc(OC2CCN(Cc3ccccn3)CC2)cc1)N1CCc2ccccc2C1. The molecular weight excluding hydrogens is 398 g/mol. The van der Waals surface area contributed by atoms with Crippen LogP contribution in [0.5, 0.6) is 5.75 Å². The van der Waals surface area contributed by atoms with Crippen LogP contribution >= 0.6 is 0 Å². The van der Waals surface area contributed by atoms with Crippen molar-refractivity contribution >= 4 is 5.91 Å². The van der Waals surface area contributed by atoms with E-state index in [-0.39, 0.29) is 12.0 Å². The number of ether oxygens (including phenoxy) is 1. The number of nitrogens with zero attached hydrogens (tertiary/aromatic N) is 3. The van der Waals surface area contributed by atoms with Crippen molar-refractivity contribution in [2.75, 3.05) is 19.6 Å². The van der Waals surface area contributed by atoms with Crippen LogP contribution in [0.15, 0.2) is 72.9 Å². The quantitative estimate of drug-likeness (QED) is 0.608. The zero-order valence-electron chi connectivity index (χ0n) is 18.3. The van der Waals surface area contributed by atoms with Crippen LogP contribution in [0.3, 0.4) is 0 Å². The molecule has 1 fully saturated rings. The number of hydrogen-bond donors (Lipinski definition) is 0. The highest BCUT2D eigenvalue weighted by Gasteiger charge is 2.23. The van der Waals surface area contributed by atoms with Crippen molar-refractivity contribution in [3.8, 4) is 5.75 Å². The first-order valence-electron chi connectivity index (χ1n) is 11.5. The van der Waals surface area contributed by atoms with Gasteiger partial charge in [0.1, 0.15) is 11.9 Å². The molecule has 3 heterocycles. The van der Waals surface area contributed by atoms with E-state index in [1.165, 1.54) is 11.1 Å². The number of likely N-dealkylation sites (tertiary alicyclic amines) is 1. The van der Waals surface area contributed by atoms with Gasteiger partial charge in [-0.1, -0.05) is 30.3 Å². The van der Waals surface area contributed by atoms with Crippen molar-refractivity contribution < 1.29 is 9.53 Å². The summed E-state index contributed by atoms with van der Waals surface area (Å²) in [5, 5.41) is 0. The lowest BCUT2D eigenvalue weighted by Gasteiger charge is -2.32. The number of carbonyl (C=O) groups is 1. The van der Waals surface area contributed by atoms with Gasteiger partial charge < -0.3 is 9.64 Å². The number of carbonyl (C=O) groups excluding carboxylic acids is 1. The normalized spacial score (nSPS) is 17.1. The van der Waals surface area contributed by atoms with Crippen molar-refractivity contribution in [1.29, 1.82) is 0 Å². The van der Waals surface area contributed by atoms with Crippen LogP contribution in [0, 0.1) is 0 Å². The van der Waals surface area contributed by atoms with Gasteiger partial charge in [0, 0.05) is 44.5 Å². The highest BCUT2D eigenvalue weighted by molar-refractivity contribution is 5.94. The van der Waals surface area contributed by atoms with Gasteiger partial charge in [0.2, 0.25) is 0 Å². The zero-order valence-corrected chi connectivity index (χ0v) is 18.3. The van der Waals surface area contributed by atoms with Gasteiger partial charge in [-0.05, 0) is 66.8 Å². The Kier molecular flexibility index (Phi) is 6.17. The third-order valence-electron chi connectivity index (χ3n) is 6.47. The molecule has 2 aliphatic rings. The Morgan fingerprint density at radius 2 is 1.66 bits per heavy atom. The molecule has 0 aliphatic carbocycles. The molecule has 1 saturated heterocycles. The van der Waals surface area contributed by atoms with Gasteiger partial charge in [-0.25, -0.2) is 0 Å². The summed E-state index contributed by atoms with van der Waals surface area (Å²) >= 11 is 0. The molecule has 0 unspecified atom stereocenters. The lowest BCUT2D eigenvalue weighted by atomic mass is 9.99. The summed E-state index contributed by atoms with van der Waals surface area (Å²) in [6.45, 7) is 4.36. The first-order valence-corrected chi connectivity index (χ1v) is 11.5. The molecule has 2 aliphatic heterocycles. The Morgan fingerprint density at radius 1 is 0.906 bits per heavy atom. The maximum Gasteiger partial charge on any atom is 0.254 e. The standard InChI is InChI=1S/C27H29N3O2/c31-27(30-18-12-21-5-1-2-6-23(21)19-30)22-8-10-25(11-9-22)32-26-13-16-29(17-14-26)20-24-7-3-4-15-28-24/h1-11,15,26H,12-14,16-20H2. The summed E-state index contributed by atoms with van der Waals surface area (Å²) < 4.78 is 6.21. The second-order valence-corrected chi connectivity index (χ2v) is 8.68. The second kappa shape index (κ2) is 9.53. The number of aromatic nitrogens is 1. The molecule has 0 bridgehead atoms. The molecule has 5 heteroatoms. The summed E-state index contributed by atoms with van der Waals surface area (Å²) in [5.74, 6) is 0.933. The predicted octanol–water partition coefficient (Wildman–Crippen LogP) is 4.32. The summed E-state index contributed by atoms with van der Waals surface area (Å²) in [4.78, 5) is 21.8. The van der Waals surface area contributed by atoms with E-state index in [0.29, 0.717) is 6.54 Å². The molecule has 2 aromatic carbocycles. The number of amides is 1. The summed E-state index contributed by atoms with van der Waals surface area (Å²) in [6.07, 6.45) is 4.99. The van der Waals surface area contributed by atoms with Crippen molar-refractivity contribution in [2.45, 2.75) is 38.5 Å². The fraction of sp³-hybridized carbons (Fsp3) is 0.333. The molecule has 1 amide bonds. The Morgan fingerprint density at radius 3 is 2.41 bits per heavy atom. The maximum absolute atomic E-state index is 13.0. The molecule has 0 radical (unpaired) electrons. The molecular formula is C27H29N3O2. The second-order valence-electron chi connectivity index (χ2n) is 8.68. The van der Waals surface area contributed by atoms with E-state index in [4.69, 9.17) is 4.74 Å². The molecule has 0 atom stereocenters. The molecule has 164 valence electrons. The number of benzene rings is 2. The molecule has 5 nitrogen and oxygen atoms in total. The molecule has 32 heavy (non-hydrogen) atoms. The molecule has 3 aromatic rings. The van der Waals surface area contributed by atoms with Crippen LogP contribution in [-0.4, -0.2) is 46.4 Å². The Labute approximate surface area is 189 Å². The van der Waals surface area contributed by atoms with Crippen molar-refractivity contribution in [1.82, 2.24) is 14.8 Å². The zero-order chi connectivity index (χ0) is 21.8. The van der Waals surface area contributed by atoms with Gasteiger partial charge >= 0.3 is 0 Å². The number of hydrogen-bond acceptors (Lipinski definition) is 4. The molecule has 0 N–H and O–H groups in total. The van der Waals surface area contributed by atoms with E-state index in [9.17, 15) is 4.79 Å². The summed E-state index contributed by atoms with van der Waals surface area (Å²) in [7, 11) is 0. The van der Waals surface area contributed by atoms with Gasteiger partial charge in [-0.3, -0.25) is 14.7 Å². The maximum atomic E-state index is 13.0. The first-order chi connectivity index (χ1) is 15.7.